The van der Waals surface area contributed by atoms with Gasteiger partial charge in [0.25, 0.3) is 11.5 Å². The summed E-state index contributed by atoms with van der Waals surface area (Å²) in [5.74, 6) is 0.000411. The number of aromatic amines is 1. The van der Waals surface area contributed by atoms with E-state index in [-0.39, 0.29) is 11.5 Å². The number of hydrogen-bond acceptors (Lipinski definition) is 6. The smallest absolute Gasteiger partial charge is 0.330 e. The molecule has 9 nitrogen and oxygen atoms in total. The lowest BCUT2D eigenvalue weighted by molar-refractivity contribution is 0.0984. The predicted octanol–water partition coefficient (Wildman–Crippen LogP) is 2.61. The Hall–Kier alpha value is -2.84. The number of unbranched alkanes of at least 4 members (excludes halogenated alkanes) is 3. The summed E-state index contributed by atoms with van der Waals surface area (Å²) in [5, 5.41) is 3.95. The SMILES string of the molecule is CCCCCN(C(=O)c1c(CC)noc1C)c1c(N)n(CCCC)c(=O)[nH]c1=O. The minimum atomic E-state index is -0.669. The summed E-state index contributed by atoms with van der Waals surface area (Å²) in [4.78, 5) is 42.1. The third-order valence-corrected chi connectivity index (χ3v) is 4.93. The number of aromatic nitrogens is 3. The van der Waals surface area contributed by atoms with Crippen LogP contribution in [-0.2, 0) is 13.0 Å². The first kappa shape index (κ1) is 22.4. The van der Waals surface area contributed by atoms with E-state index in [0.29, 0.717) is 42.9 Å². The van der Waals surface area contributed by atoms with Crippen LogP contribution in [0, 0.1) is 6.92 Å². The van der Waals surface area contributed by atoms with Gasteiger partial charge in [-0.05, 0) is 26.2 Å². The van der Waals surface area contributed by atoms with E-state index < -0.39 is 17.2 Å². The molecule has 29 heavy (non-hydrogen) atoms. The van der Waals surface area contributed by atoms with E-state index in [2.05, 4.69) is 17.1 Å². The van der Waals surface area contributed by atoms with Gasteiger partial charge in [0.1, 0.15) is 17.1 Å². The molecule has 0 aliphatic heterocycles. The van der Waals surface area contributed by atoms with Crippen LogP contribution < -0.4 is 21.9 Å². The van der Waals surface area contributed by atoms with Crippen molar-refractivity contribution in [3.63, 3.8) is 0 Å². The third-order valence-electron chi connectivity index (χ3n) is 4.93. The Bertz CT molecular complexity index is 957. The Morgan fingerprint density at radius 2 is 1.86 bits per heavy atom. The first-order valence-corrected chi connectivity index (χ1v) is 10.3. The number of amides is 1. The van der Waals surface area contributed by atoms with Crippen molar-refractivity contribution >= 4 is 17.4 Å². The Kier molecular flexibility index (Phi) is 7.81. The summed E-state index contributed by atoms with van der Waals surface area (Å²) < 4.78 is 6.53. The molecule has 0 radical (unpaired) electrons. The van der Waals surface area contributed by atoms with Gasteiger partial charge in [-0.3, -0.25) is 19.1 Å². The topological polar surface area (TPSA) is 127 Å². The lowest BCUT2D eigenvalue weighted by Gasteiger charge is -2.24. The summed E-state index contributed by atoms with van der Waals surface area (Å²) in [7, 11) is 0. The van der Waals surface area contributed by atoms with Gasteiger partial charge < -0.3 is 15.2 Å². The average Bonchev–Trinajstić information content (AvgIpc) is 3.06. The van der Waals surface area contributed by atoms with Crippen molar-refractivity contribution in [1.82, 2.24) is 14.7 Å². The zero-order valence-electron chi connectivity index (χ0n) is 17.7. The summed E-state index contributed by atoms with van der Waals surface area (Å²) >= 11 is 0. The first-order valence-electron chi connectivity index (χ1n) is 10.3. The maximum absolute atomic E-state index is 13.4. The molecule has 3 N–H and O–H groups in total. The number of carbonyl (C=O) groups excluding carboxylic acids is 1. The summed E-state index contributed by atoms with van der Waals surface area (Å²) in [6, 6.07) is 0. The standard InChI is InChI=1S/C20H31N5O4/c1-5-8-10-12-24(19(27)15-13(4)29-23-14(15)7-3)16-17(21)25(11-9-6-2)20(28)22-18(16)26/h5-12,21H2,1-4H3,(H,22,26,28). The maximum atomic E-state index is 13.4. The fourth-order valence-electron chi connectivity index (χ4n) is 3.28. The highest BCUT2D eigenvalue weighted by molar-refractivity contribution is 6.08. The van der Waals surface area contributed by atoms with Gasteiger partial charge in [-0.15, -0.1) is 0 Å². The highest BCUT2D eigenvalue weighted by Gasteiger charge is 2.29. The average molecular weight is 405 g/mol. The Balaban J connectivity index is 2.61. The molecule has 0 unspecified atom stereocenters. The number of nitrogen functional groups attached to an aromatic ring is 1. The molecule has 0 aromatic carbocycles. The lowest BCUT2D eigenvalue weighted by atomic mass is 10.1. The molecule has 2 heterocycles. The molecule has 0 spiro atoms. The monoisotopic (exact) mass is 405 g/mol. The van der Waals surface area contributed by atoms with Gasteiger partial charge in [-0.2, -0.15) is 0 Å². The Labute approximate surface area is 169 Å². The molecule has 0 saturated heterocycles. The minimum absolute atomic E-state index is 0.00389. The molecule has 160 valence electrons. The van der Waals surface area contributed by atoms with Gasteiger partial charge in [0, 0.05) is 13.1 Å². The van der Waals surface area contributed by atoms with Crippen LogP contribution in [0.15, 0.2) is 14.1 Å². The van der Waals surface area contributed by atoms with Gasteiger partial charge >= 0.3 is 5.69 Å². The van der Waals surface area contributed by atoms with Crippen LogP contribution in [0.5, 0.6) is 0 Å². The molecular formula is C20H31N5O4. The fraction of sp³-hybridized carbons (Fsp3) is 0.600. The lowest BCUT2D eigenvalue weighted by Crippen LogP contribution is -2.42. The van der Waals surface area contributed by atoms with Crippen LogP contribution in [0.3, 0.4) is 0 Å². The van der Waals surface area contributed by atoms with Gasteiger partial charge in [-0.1, -0.05) is 45.2 Å². The normalized spacial score (nSPS) is 11.0. The van der Waals surface area contributed by atoms with Crippen LogP contribution in [0.1, 0.15) is 74.7 Å². The summed E-state index contributed by atoms with van der Waals surface area (Å²) in [5.41, 5.74) is 5.88. The molecule has 0 bridgehead atoms. The second-order valence-corrected chi connectivity index (χ2v) is 7.08. The van der Waals surface area contributed by atoms with E-state index in [1.807, 2.05) is 13.8 Å². The number of hydrogen-bond donors (Lipinski definition) is 2. The number of anilines is 2. The van der Waals surface area contributed by atoms with Crippen LogP contribution in [0.2, 0.25) is 0 Å². The molecule has 2 aromatic heterocycles. The maximum Gasteiger partial charge on any atom is 0.330 e. The molecule has 0 aliphatic rings. The predicted molar refractivity (Wildman–Crippen MR) is 112 cm³/mol. The summed E-state index contributed by atoms with van der Waals surface area (Å²) in [6.45, 7) is 8.27. The van der Waals surface area contributed by atoms with Crippen molar-refractivity contribution < 1.29 is 9.32 Å². The van der Waals surface area contributed by atoms with E-state index in [1.54, 1.807) is 6.92 Å². The van der Waals surface area contributed by atoms with Gasteiger partial charge in [0.15, 0.2) is 5.69 Å². The number of aryl methyl sites for hydroxylation is 2. The van der Waals surface area contributed by atoms with E-state index >= 15 is 0 Å². The number of nitrogens with zero attached hydrogens (tertiary/aromatic N) is 3. The van der Waals surface area contributed by atoms with E-state index in [4.69, 9.17) is 10.3 Å². The minimum Gasteiger partial charge on any atom is -0.383 e. The number of nitrogens with one attached hydrogen (secondary N) is 1. The van der Waals surface area contributed by atoms with Crippen molar-refractivity contribution in [1.29, 1.82) is 0 Å². The highest BCUT2D eigenvalue weighted by Crippen LogP contribution is 2.24. The van der Waals surface area contributed by atoms with E-state index in [9.17, 15) is 14.4 Å². The molecule has 2 aromatic rings. The van der Waals surface area contributed by atoms with Crippen LogP contribution in [0.4, 0.5) is 11.5 Å². The quantitative estimate of drug-likeness (QED) is 0.585. The highest BCUT2D eigenvalue weighted by atomic mass is 16.5. The van der Waals surface area contributed by atoms with Crippen molar-refractivity contribution in [2.75, 3.05) is 17.2 Å². The van der Waals surface area contributed by atoms with Gasteiger partial charge in [0.05, 0.1) is 5.69 Å². The Morgan fingerprint density at radius 1 is 1.17 bits per heavy atom. The number of H-pyrrole nitrogens is 1. The summed E-state index contributed by atoms with van der Waals surface area (Å²) in [6.07, 6.45) is 4.64. The molecule has 1 amide bonds. The van der Waals surface area contributed by atoms with E-state index in [0.717, 1.165) is 25.7 Å². The van der Waals surface area contributed by atoms with Crippen LogP contribution in [0.25, 0.3) is 0 Å². The second-order valence-electron chi connectivity index (χ2n) is 7.08. The second kappa shape index (κ2) is 10.1. The zero-order chi connectivity index (χ0) is 21.6. The number of carbonyl (C=O) groups is 1. The zero-order valence-corrected chi connectivity index (χ0v) is 17.7. The molecule has 2 rings (SSSR count). The van der Waals surface area contributed by atoms with Crippen molar-refractivity contribution in [3.8, 4) is 0 Å². The van der Waals surface area contributed by atoms with E-state index in [1.165, 1.54) is 9.47 Å². The molecular weight excluding hydrogens is 374 g/mol. The Morgan fingerprint density at radius 3 is 2.48 bits per heavy atom. The fourth-order valence-corrected chi connectivity index (χ4v) is 3.28. The molecule has 0 aliphatic carbocycles. The van der Waals surface area contributed by atoms with Gasteiger partial charge in [0.2, 0.25) is 0 Å². The molecule has 0 atom stereocenters. The van der Waals surface area contributed by atoms with Crippen molar-refractivity contribution in [2.45, 2.75) is 72.8 Å². The van der Waals surface area contributed by atoms with Gasteiger partial charge in [-0.25, -0.2) is 4.79 Å². The van der Waals surface area contributed by atoms with Crippen molar-refractivity contribution in [3.05, 3.63) is 37.9 Å². The largest absolute Gasteiger partial charge is 0.383 e. The number of rotatable bonds is 10. The first-order chi connectivity index (χ1) is 13.9. The third kappa shape index (κ3) is 4.78. The molecule has 0 saturated carbocycles. The van der Waals surface area contributed by atoms with Crippen LogP contribution >= 0.6 is 0 Å². The van der Waals surface area contributed by atoms with Crippen molar-refractivity contribution in [2.24, 2.45) is 0 Å². The van der Waals surface area contributed by atoms with Crippen LogP contribution in [-0.4, -0.2) is 27.2 Å². The number of nitrogens with two attached hydrogens (primary N) is 1. The molecule has 9 heteroatoms. The molecule has 0 fully saturated rings.